The second-order valence-corrected chi connectivity index (χ2v) is 7.20. The van der Waals surface area contributed by atoms with Gasteiger partial charge in [-0.25, -0.2) is 0 Å². The third-order valence-corrected chi connectivity index (χ3v) is 5.84. The molecule has 0 saturated heterocycles. The third kappa shape index (κ3) is 1.51. The molecule has 1 aliphatic heterocycles. The molecule has 0 fully saturated rings. The molecule has 5 atom stereocenters. The van der Waals surface area contributed by atoms with E-state index in [9.17, 15) is 5.11 Å². The van der Waals surface area contributed by atoms with E-state index in [1.165, 1.54) is 16.7 Å². The fourth-order valence-electron chi connectivity index (χ4n) is 4.73. The molecule has 0 radical (unpaired) electrons. The Bertz CT molecular complexity index is 636. The minimum atomic E-state index is -0.521. The predicted molar refractivity (Wildman–Crippen MR) is 82.8 cm³/mol. The Morgan fingerprint density at radius 2 is 2.05 bits per heavy atom. The lowest BCUT2D eigenvalue weighted by Gasteiger charge is -2.50. The summed E-state index contributed by atoms with van der Waals surface area (Å²) < 4.78 is 6.26. The molecule has 21 heavy (non-hydrogen) atoms. The zero-order valence-corrected chi connectivity index (χ0v) is 13.1. The first-order valence-corrected chi connectivity index (χ1v) is 7.77. The number of nitrogens with zero attached hydrogens (tertiary/aromatic N) is 1. The molecule has 1 N–H and O–H groups in total. The molecule has 0 amide bonds. The largest absolute Gasteiger partial charge is 0.486 e. The Labute approximate surface area is 126 Å². The zero-order chi connectivity index (χ0) is 14.9. The number of aliphatic hydroxyl groups is 1. The number of hydrogen-bond acceptors (Lipinski definition) is 3. The maximum absolute atomic E-state index is 10.4. The number of likely N-dealkylation sites (N-methyl/N-ethyl adjacent to an activating group) is 1. The van der Waals surface area contributed by atoms with E-state index in [4.69, 9.17) is 4.74 Å². The minimum Gasteiger partial charge on any atom is -0.486 e. The van der Waals surface area contributed by atoms with Crippen LogP contribution in [0.2, 0.25) is 0 Å². The van der Waals surface area contributed by atoms with Crippen LogP contribution in [0.15, 0.2) is 24.3 Å². The van der Waals surface area contributed by atoms with Crippen LogP contribution >= 0.6 is 0 Å². The van der Waals surface area contributed by atoms with Crippen LogP contribution in [-0.2, 0) is 11.8 Å². The van der Waals surface area contributed by atoms with Crippen molar-refractivity contribution in [3.63, 3.8) is 0 Å². The summed E-state index contributed by atoms with van der Waals surface area (Å²) in [6, 6.07) is 4.86. The van der Waals surface area contributed by atoms with E-state index in [1.54, 1.807) is 0 Å². The fourth-order valence-corrected chi connectivity index (χ4v) is 4.73. The van der Waals surface area contributed by atoms with Crippen molar-refractivity contribution in [3.05, 3.63) is 41.0 Å². The summed E-state index contributed by atoms with van der Waals surface area (Å²) in [7, 11) is 4.30. The van der Waals surface area contributed by atoms with Crippen LogP contribution in [0.25, 0.3) is 0 Å². The van der Waals surface area contributed by atoms with Crippen molar-refractivity contribution < 1.29 is 9.84 Å². The molecule has 0 bridgehead atoms. The van der Waals surface area contributed by atoms with Gasteiger partial charge in [0.25, 0.3) is 0 Å². The maximum atomic E-state index is 10.4. The lowest BCUT2D eigenvalue weighted by molar-refractivity contribution is -0.00478. The summed E-state index contributed by atoms with van der Waals surface area (Å²) in [6.45, 7) is 4.38. The molecule has 3 heteroatoms. The van der Waals surface area contributed by atoms with Crippen LogP contribution in [0.1, 0.15) is 23.6 Å². The predicted octanol–water partition coefficient (Wildman–Crippen LogP) is 2.05. The summed E-state index contributed by atoms with van der Waals surface area (Å²) in [5.41, 5.74) is 3.79. The van der Waals surface area contributed by atoms with E-state index in [0.29, 0.717) is 12.0 Å². The lowest BCUT2D eigenvalue weighted by atomic mass is 9.57. The molecule has 1 aromatic carbocycles. The van der Waals surface area contributed by atoms with E-state index < -0.39 is 6.10 Å². The van der Waals surface area contributed by atoms with Gasteiger partial charge in [-0.2, -0.15) is 0 Å². The molecule has 3 aliphatic rings. The SMILES string of the molecule is Cc1ccc2c3c1O[C@H]1[C@@H](O)C=CC([C@H](N(C)C)C2)[C@@]31C. The summed E-state index contributed by atoms with van der Waals surface area (Å²) in [6.07, 6.45) is 4.51. The molecule has 0 spiro atoms. The molecule has 0 saturated carbocycles. The van der Waals surface area contributed by atoms with Crippen LogP contribution in [0, 0.1) is 12.8 Å². The minimum absolute atomic E-state index is 0.127. The van der Waals surface area contributed by atoms with Gasteiger partial charge in [0.15, 0.2) is 0 Å². The molecule has 4 rings (SSSR count). The van der Waals surface area contributed by atoms with Gasteiger partial charge in [-0.15, -0.1) is 0 Å². The van der Waals surface area contributed by atoms with Gasteiger partial charge in [-0.3, -0.25) is 0 Å². The van der Waals surface area contributed by atoms with Gasteiger partial charge >= 0.3 is 0 Å². The van der Waals surface area contributed by atoms with Gasteiger partial charge in [-0.05, 0) is 38.6 Å². The zero-order valence-electron chi connectivity index (χ0n) is 13.1. The normalized spacial score (nSPS) is 39.3. The third-order valence-electron chi connectivity index (χ3n) is 5.84. The van der Waals surface area contributed by atoms with E-state index >= 15 is 0 Å². The van der Waals surface area contributed by atoms with Crippen molar-refractivity contribution in [1.82, 2.24) is 4.90 Å². The maximum Gasteiger partial charge on any atom is 0.138 e. The molecule has 0 aromatic heterocycles. The highest BCUT2D eigenvalue weighted by Gasteiger charge is 2.59. The van der Waals surface area contributed by atoms with Gasteiger partial charge in [0.2, 0.25) is 0 Å². The van der Waals surface area contributed by atoms with Gasteiger partial charge in [0, 0.05) is 22.9 Å². The van der Waals surface area contributed by atoms with Crippen LogP contribution in [0.4, 0.5) is 0 Å². The van der Waals surface area contributed by atoms with Crippen molar-refractivity contribution >= 4 is 0 Å². The first-order valence-electron chi connectivity index (χ1n) is 7.77. The van der Waals surface area contributed by atoms with E-state index in [1.807, 2.05) is 6.08 Å². The number of aryl methyl sites for hydroxylation is 1. The lowest BCUT2D eigenvalue weighted by Crippen LogP contribution is -2.58. The fraction of sp³-hybridized carbons (Fsp3) is 0.556. The smallest absolute Gasteiger partial charge is 0.138 e. The molecule has 1 heterocycles. The molecular formula is C18H23NO2. The van der Waals surface area contributed by atoms with Crippen molar-refractivity contribution in [1.29, 1.82) is 0 Å². The average molecular weight is 285 g/mol. The van der Waals surface area contributed by atoms with Crippen molar-refractivity contribution in [2.75, 3.05) is 14.1 Å². The number of rotatable bonds is 1. The van der Waals surface area contributed by atoms with Gasteiger partial charge in [0.05, 0.1) is 0 Å². The standard InChI is InChI=1S/C18H23NO2/c1-10-5-6-11-9-13(19(3)4)12-7-8-14(20)17-18(12,2)15(11)16(10)21-17/h5-8,12-14,17,20H,9H2,1-4H3/t12?,13-,14+,17+,18+/m1/s1. The first kappa shape index (κ1) is 13.4. The Balaban J connectivity index is 1.99. The van der Waals surface area contributed by atoms with E-state index in [0.717, 1.165) is 12.2 Å². The summed E-state index contributed by atoms with van der Waals surface area (Å²) in [5.74, 6) is 1.40. The topological polar surface area (TPSA) is 32.7 Å². The van der Waals surface area contributed by atoms with Crippen LogP contribution < -0.4 is 4.74 Å². The molecule has 112 valence electrons. The second-order valence-electron chi connectivity index (χ2n) is 7.20. The van der Waals surface area contributed by atoms with Crippen molar-refractivity contribution in [2.45, 2.75) is 43.9 Å². The van der Waals surface area contributed by atoms with Gasteiger partial charge < -0.3 is 14.7 Å². The molecule has 2 aliphatic carbocycles. The van der Waals surface area contributed by atoms with Crippen LogP contribution in [-0.4, -0.2) is 42.4 Å². The highest BCUT2D eigenvalue weighted by atomic mass is 16.5. The second kappa shape index (κ2) is 4.11. The summed E-state index contributed by atoms with van der Waals surface area (Å²) in [5, 5.41) is 10.4. The Hall–Kier alpha value is -1.32. The monoisotopic (exact) mass is 285 g/mol. The number of aliphatic hydroxyl groups excluding tert-OH is 1. The molecule has 1 aromatic rings. The summed E-state index contributed by atoms with van der Waals surface area (Å²) >= 11 is 0. The van der Waals surface area contributed by atoms with Gasteiger partial charge in [0.1, 0.15) is 18.0 Å². The average Bonchev–Trinajstić information content (AvgIpc) is 2.76. The van der Waals surface area contributed by atoms with E-state index in [2.05, 4.69) is 51.1 Å². The molecule has 1 unspecified atom stereocenters. The highest BCUT2D eigenvalue weighted by Crippen LogP contribution is 2.57. The Morgan fingerprint density at radius 1 is 1.29 bits per heavy atom. The Kier molecular flexibility index (Phi) is 2.61. The van der Waals surface area contributed by atoms with Crippen LogP contribution in [0.3, 0.4) is 0 Å². The van der Waals surface area contributed by atoms with Gasteiger partial charge in [-0.1, -0.05) is 31.2 Å². The van der Waals surface area contributed by atoms with Crippen molar-refractivity contribution in [3.8, 4) is 5.75 Å². The highest BCUT2D eigenvalue weighted by molar-refractivity contribution is 5.58. The molecule has 3 nitrogen and oxygen atoms in total. The van der Waals surface area contributed by atoms with Crippen LogP contribution in [0.5, 0.6) is 5.75 Å². The molecular weight excluding hydrogens is 262 g/mol. The summed E-state index contributed by atoms with van der Waals surface area (Å²) in [4.78, 5) is 2.32. The quantitative estimate of drug-likeness (QED) is 0.802. The van der Waals surface area contributed by atoms with Crippen molar-refractivity contribution in [2.24, 2.45) is 5.92 Å². The number of benzene rings is 1. The number of ether oxygens (including phenoxy) is 1. The van der Waals surface area contributed by atoms with E-state index in [-0.39, 0.29) is 11.5 Å². The number of hydrogen-bond donors (Lipinski definition) is 1. The first-order chi connectivity index (χ1) is 9.94. The Morgan fingerprint density at radius 3 is 2.76 bits per heavy atom.